The van der Waals surface area contributed by atoms with Crippen LogP contribution >= 0.6 is 11.3 Å². The first-order valence-corrected chi connectivity index (χ1v) is 10.2. The van der Waals surface area contributed by atoms with Crippen molar-refractivity contribution in [2.45, 2.75) is 26.8 Å². The lowest BCUT2D eigenvalue weighted by atomic mass is 10.0. The number of benzene rings is 2. The standard InChI is InChI=1S/C23H24N2O2S/c1-16(2)13-20(26)25-23-21(19(15-28-23)18-11-7-4-8-12-18)22(27)24-14-17-9-5-3-6-10-17/h3-12,15-16H,13-14H2,1-2H3,(H,24,27)(H,25,26). The van der Waals surface area contributed by atoms with Crippen LogP contribution in [0.15, 0.2) is 66.0 Å². The van der Waals surface area contributed by atoms with Gasteiger partial charge in [-0.1, -0.05) is 74.5 Å². The fraction of sp³-hybridized carbons (Fsp3) is 0.217. The van der Waals surface area contributed by atoms with Crippen LogP contribution in [0.2, 0.25) is 0 Å². The summed E-state index contributed by atoms with van der Waals surface area (Å²) in [5, 5.41) is 8.43. The molecule has 0 atom stereocenters. The van der Waals surface area contributed by atoms with Crippen molar-refractivity contribution in [1.82, 2.24) is 5.32 Å². The minimum atomic E-state index is -0.191. The molecule has 0 unspecified atom stereocenters. The summed E-state index contributed by atoms with van der Waals surface area (Å²) in [7, 11) is 0. The van der Waals surface area contributed by atoms with Crippen molar-refractivity contribution in [2.75, 3.05) is 5.32 Å². The molecule has 0 saturated carbocycles. The zero-order valence-electron chi connectivity index (χ0n) is 16.1. The normalized spacial score (nSPS) is 10.7. The third-order valence-electron chi connectivity index (χ3n) is 4.25. The first-order valence-electron chi connectivity index (χ1n) is 9.33. The van der Waals surface area contributed by atoms with Crippen molar-refractivity contribution in [1.29, 1.82) is 0 Å². The largest absolute Gasteiger partial charge is 0.348 e. The number of hydrogen-bond donors (Lipinski definition) is 2. The lowest BCUT2D eigenvalue weighted by molar-refractivity contribution is -0.116. The molecule has 144 valence electrons. The lowest BCUT2D eigenvalue weighted by Gasteiger charge is -2.11. The number of carbonyl (C=O) groups is 2. The van der Waals surface area contributed by atoms with E-state index in [0.717, 1.165) is 16.7 Å². The maximum atomic E-state index is 13.0. The van der Waals surface area contributed by atoms with Crippen LogP contribution in [-0.2, 0) is 11.3 Å². The lowest BCUT2D eigenvalue weighted by Crippen LogP contribution is -2.24. The molecule has 0 aliphatic heterocycles. The van der Waals surface area contributed by atoms with Crippen molar-refractivity contribution in [3.63, 3.8) is 0 Å². The van der Waals surface area contributed by atoms with Crippen molar-refractivity contribution >= 4 is 28.2 Å². The molecule has 1 aromatic heterocycles. The SMILES string of the molecule is CC(C)CC(=O)Nc1scc(-c2ccccc2)c1C(=O)NCc1ccccc1. The molecule has 0 spiro atoms. The van der Waals surface area contributed by atoms with Gasteiger partial charge in [0, 0.05) is 23.9 Å². The first kappa shape index (κ1) is 19.8. The van der Waals surface area contributed by atoms with Crippen LogP contribution in [-0.4, -0.2) is 11.8 Å². The van der Waals surface area contributed by atoms with E-state index >= 15 is 0 Å². The molecule has 0 aliphatic carbocycles. The Morgan fingerprint density at radius 1 is 0.964 bits per heavy atom. The molecule has 28 heavy (non-hydrogen) atoms. The fourth-order valence-corrected chi connectivity index (χ4v) is 3.90. The predicted molar refractivity (Wildman–Crippen MR) is 115 cm³/mol. The summed E-state index contributed by atoms with van der Waals surface area (Å²) in [6, 6.07) is 19.5. The summed E-state index contributed by atoms with van der Waals surface area (Å²) >= 11 is 1.38. The zero-order chi connectivity index (χ0) is 19.9. The van der Waals surface area contributed by atoms with E-state index in [-0.39, 0.29) is 17.7 Å². The molecule has 4 nitrogen and oxygen atoms in total. The Labute approximate surface area is 169 Å². The Morgan fingerprint density at radius 3 is 2.25 bits per heavy atom. The number of hydrogen-bond acceptors (Lipinski definition) is 3. The number of nitrogens with one attached hydrogen (secondary N) is 2. The van der Waals surface area contributed by atoms with E-state index in [1.54, 1.807) is 0 Å². The summed E-state index contributed by atoms with van der Waals surface area (Å²) in [5.74, 6) is -0.0127. The second-order valence-corrected chi connectivity index (χ2v) is 7.91. The second-order valence-electron chi connectivity index (χ2n) is 7.03. The van der Waals surface area contributed by atoms with E-state index in [0.29, 0.717) is 23.5 Å². The molecule has 0 radical (unpaired) electrons. The third-order valence-corrected chi connectivity index (χ3v) is 5.14. The minimum Gasteiger partial charge on any atom is -0.348 e. The second kappa shape index (κ2) is 9.33. The highest BCUT2D eigenvalue weighted by atomic mass is 32.1. The van der Waals surface area contributed by atoms with E-state index in [4.69, 9.17) is 0 Å². The molecule has 2 amide bonds. The molecule has 1 heterocycles. The maximum Gasteiger partial charge on any atom is 0.255 e. The van der Waals surface area contributed by atoms with Crippen LogP contribution in [0, 0.1) is 5.92 Å². The van der Waals surface area contributed by atoms with E-state index in [2.05, 4.69) is 10.6 Å². The van der Waals surface area contributed by atoms with Crippen LogP contribution in [0.4, 0.5) is 5.00 Å². The Bertz CT molecular complexity index is 934. The molecule has 0 saturated heterocycles. The first-order chi connectivity index (χ1) is 13.5. The van der Waals surface area contributed by atoms with Crippen molar-refractivity contribution in [2.24, 2.45) is 5.92 Å². The summed E-state index contributed by atoms with van der Waals surface area (Å²) in [6.45, 7) is 4.43. The summed E-state index contributed by atoms with van der Waals surface area (Å²) in [5.41, 5.74) is 3.32. The van der Waals surface area contributed by atoms with Gasteiger partial charge in [0.05, 0.1) is 5.56 Å². The Hall–Kier alpha value is -2.92. The van der Waals surface area contributed by atoms with Crippen LogP contribution in [0.3, 0.4) is 0 Å². The van der Waals surface area contributed by atoms with E-state index in [1.165, 1.54) is 11.3 Å². The fourth-order valence-electron chi connectivity index (χ4n) is 2.92. The van der Waals surface area contributed by atoms with Gasteiger partial charge < -0.3 is 10.6 Å². The molecular weight excluding hydrogens is 368 g/mol. The predicted octanol–water partition coefficient (Wildman–Crippen LogP) is 5.33. The maximum absolute atomic E-state index is 13.0. The summed E-state index contributed by atoms with van der Waals surface area (Å²) < 4.78 is 0. The molecule has 0 aliphatic rings. The van der Waals surface area contributed by atoms with Crippen LogP contribution in [0.1, 0.15) is 36.2 Å². The highest BCUT2D eigenvalue weighted by Gasteiger charge is 2.21. The molecule has 0 bridgehead atoms. The molecular formula is C23H24N2O2S. The summed E-state index contributed by atoms with van der Waals surface area (Å²) in [4.78, 5) is 25.3. The zero-order valence-corrected chi connectivity index (χ0v) is 16.9. The number of thiophene rings is 1. The van der Waals surface area contributed by atoms with Crippen LogP contribution < -0.4 is 10.6 Å². The summed E-state index contributed by atoms with van der Waals surface area (Å²) in [6.07, 6.45) is 0.420. The molecule has 5 heteroatoms. The number of amides is 2. The molecule has 2 N–H and O–H groups in total. The molecule has 3 aromatic rings. The van der Waals surface area contributed by atoms with E-state index in [9.17, 15) is 9.59 Å². The topological polar surface area (TPSA) is 58.2 Å². The smallest absolute Gasteiger partial charge is 0.255 e. The molecule has 3 rings (SSSR count). The van der Waals surface area contributed by atoms with Crippen molar-refractivity contribution in [3.8, 4) is 11.1 Å². The quantitative estimate of drug-likeness (QED) is 0.571. The van der Waals surface area contributed by atoms with Gasteiger partial charge in [0.15, 0.2) is 0 Å². The van der Waals surface area contributed by atoms with Crippen molar-refractivity contribution in [3.05, 3.63) is 77.2 Å². The van der Waals surface area contributed by atoms with Crippen LogP contribution in [0.5, 0.6) is 0 Å². The highest BCUT2D eigenvalue weighted by Crippen LogP contribution is 2.35. The average Bonchev–Trinajstić information content (AvgIpc) is 3.10. The minimum absolute atomic E-state index is 0.0754. The van der Waals surface area contributed by atoms with Gasteiger partial charge in [-0.3, -0.25) is 9.59 Å². The van der Waals surface area contributed by atoms with Gasteiger partial charge in [0.2, 0.25) is 5.91 Å². The van der Waals surface area contributed by atoms with Crippen LogP contribution in [0.25, 0.3) is 11.1 Å². The third kappa shape index (κ3) is 5.08. The van der Waals surface area contributed by atoms with Crippen molar-refractivity contribution < 1.29 is 9.59 Å². The molecule has 0 fully saturated rings. The van der Waals surface area contributed by atoms with E-state index in [1.807, 2.05) is 79.9 Å². The number of rotatable bonds is 7. The Morgan fingerprint density at radius 2 is 1.61 bits per heavy atom. The van der Waals surface area contributed by atoms with Gasteiger partial charge in [-0.2, -0.15) is 0 Å². The Kier molecular flexibility index (Phi) is 6.61. The van der Waals surface area contributed by atoms with Gasteiger partial charge in [0.25, 0.3) is 5.91 Å². The number of anilines is 1. The van der Waals surface area contributed by atoms with Gasteiger partial charge in [-0.15, -0.1) is 11.3 Å². The van der Waals surface area contributed by atoms with Gasteiger partial charge in [-0.05, 0) is 17.0 Å². The van der Waals surface area contributed by atoms with Gasteiger partial charge in [-0.25, -0.2) is 0 Å². The van der Waals surface area contributed by atoms with Gasteiger partial charge in [0.1, 0.15) is 5.00 Å². The molecule has 2 aromatic carbocycles. The number of carbonyl (C=O) groups excluding carboxylic acids is 2. The van der Waals surface area contributed by atoms with E-state index < -0.39 is 0 Å². The Balaban J connectivity index is 1.87. The van der Waals surface area contributed by atoms with Gasteiger partial charge >= 0.3 is 0 Å². The average molecular weight is 393 g/mol. The monoisotopic (exact) mass is 392 g/mol. The highest BCUT2D eigenvalue weighted by molar-refractivity contribution is 7.15.